The second-order valence-electron chi connectivity index (χ2n) is 5.93. The van der Waals surface area contributed by atoms with E-state index in [9.17, 15) is 4.79 Å². The van der Waals surface area contributed by atoms with Crippen LogP contribution in [0.5, 0.6) is 0 Å². The van der Waals surface area contributed by atoms with E-state index in [2.05, 4.69) is 23.8 Å². The number of likely N-dealkylation sites (tertiary alicyclic amines) is 2. The zero-order valence-corrected chi connectivity index (χ0v) is 11.4. The summed E-state index contributed by atoms with van der Waals surface area (Å²) in [7, 11) is 2.22. The molecule has 0 aromatic heterocycles. The quantitative estimate of drug-likeness (QED) is 0.735. The summed E-state index contributed by atoms with van der Waals surface area (Å²) in [5.41, 5.74) is 0.565. The van der Waals surface area contributed by atoms with E-state index >= 15 is 0 Å². The highest BCUT2D eigenvalue weighted by molar-refractivity contribution is 5.76. The van der Waals surface area contributed by atoms with Crippen LogP contribution in [0.2, 0.25) is 0 Å². The maximum Gasteiger partial charge on any atom is 0.222 e. The molecule has 2 aliphatic heterocycles. The molecule has 2 fully saturated rings. The van der Waals surface area contributed by atoms with Gasteiger partial charge < -0.3 is 9.80 Å². The molecule has 1 amide bonds. The van der Waals surface area contributed by atoms with Crippen molar-refractivity contribution in [2.75, 3.05) is 33.2 Å². The molecule has 3 nitrogen and oxygen atoms in total. The maximum absolute atomic E-state index is 11.8. The molecule has 2 rings (SSSR count). The van der Waals surface area contributed by atoms with Crippen molar-refractivity contribution in [1.82, 2.24) is 9.80 Å². The highest BCUT2D eigenvalue weighted by Crippen LogP contribution is 2.40. The number of carbonyl (C=O) groups excluding carboxylic acids is 1. The lowest BCUT2D eigenvalue weighted by Gasteiger charge is -2.46. The third-order valence-electron chi connectivity index (χ3n) is 4.69. The molecular weight excluding hydrogens is 212 g/mol. The van der Waals surface area contributed by atoms with Gasteiger partial charge in [-0.05, 0) is 57.7 Å². The van der Waals surface area contributed by atoms with Gasteiger partial charge >= 0.3 is 0 Å². The summed E-state index contributed by atoms with van der Waals surface area (Å²) in [4.78, 5) is 16.4. The number of piperidine rings is 2. The lowest BCUT2D eigenvalue weighted by Crippen LogP contribution is -2.47. The Labute approximate surface area is 105 Å². The molecule has 0 N–H and O–H groups in total. The summed E-state index contributed by atoms with van der Waals surface area (Å²) in [5.74, 6) is 0.371. The summed E-state index contributed by atoms with van der Waals surface area (Å²) in [6.45, 7) is 6.57. The monoisotopic (exact) mass is 238 g/mol. The van der Waals surface area contributed by atoms with Crippen molar-refractivity contribution in [2.24, 2.45) is 5.41 Å². The van der Waals surface area contributed by atoms with Crippen LogP contribution in [0.3, 0.4) is 0 Å². The first-order chi connectivity index (χ1) is 8.15. The summed E-state index contributed by atoms with van der Waals surface area (Å²) in [5, 5.41) is 0. The highest BCUT2D eigenvalue weighted by atomic mass is 16.2. The van der Waals surface area contributed by atoms with Crippen LogP contribution < -0.4 is 0 Å². The number of nitrogens with zero attached hydrogens (tertiary/aromatic N) is 2. The predicted molar refractivity (Wildman–Crippen MR) is 69.9 cm³/mol. The maximum atomic E-state index is 11.8. The van der Waals surface area contributed by atoms with Crippen LogP contribution in [-0.2, 0) is 4.79 Å². The minimum absolute atomic E-state index is 0.371. The fraction of sp³-hybridized carbons (Fsp3) is 0.929. The molecule has 2 aliphatic rings. The number of rotatable bonds is 2. The Bertz CT molecular complexity index is 259. The first-order valence-electron chi connectivity index (χ1n) is 7.11. The smallest absolute Gasteiger partial charge is 0.222 e. The molecule has 0 radical (unpaired) electrons. The summed E-state index contributed by atoms with van der Waals surface area (Å²) in [6.07, 6.45) is 6.84. The van der Waals surface area contributed by atoms with Crippen LogP contribution in [-0.4, -0.2) is 48.9 Å². The van der Waals surface area contributed by atoms with E-state index in [1.165, 1.54) is 38.8 Å². The molecule has 0 aromatic rings. The van der Waals surface area contributed by atoms with Gasteiger partial charge in [-0.2, -0.15) is 0 Å². The molecule has 2 heterocycles. The molecule has 2 saturated heterocycles. The lowest BCUT2D eigenvalue weighted by atomic mass is 9.71. The third-order valence-corrected chi connectivity index (χ3v) is 4.69. The van der Waals surface area contributed by atoms with Gasteiger partial charge in [0.05, 0.1) is 0 Å². The lowest BCUT2D eigenvalue weighted by molar-refractivity contribution is -0.134. The van der Waals surface area contributed by atoms with E-state index in [1.807, 2.05) is 0 Å². The molecule has 0 atom stereocenters. The normalized spacial score (nSPS) is 25.2. The van der Waals surface area contributed by atoms with Gasteiger partial charge in [0, 0.05) is 19.5 Å². The first-order valence-corrected chi connectivity index (χ1v) is 7.11. The molecule has 0 bridgehead atoms. The number of hydrogen-bond acceptors (Lipinski definition) is 2. The van der Waals surface area contributed by atoms with Crippen LogP contribution in [0, 0.1) is 5.41 Å². The number of amides is 1. The van der Waals surface area contributed by atoms with Gasteiger partial charge in [-0.3, -0.25) is 4.79 Å². The van der Waals surface area contributed by atoms with Crippen molar-refractivity contribution < 1.29 is 4.79 Å². The summed E-state index contributed by atoms with van der Waals surface area (Å²) in [6, 6.07) is 0. The van der Waals surface area contributed by atoms with Crippen LogP contribution in [0.4, 0.5) is 0 Å². The SMILES string of the molecule is CCCC(=O)N1CCC2(CCN(C)CC2)CC1. The molecular formula is C14H26N2O. The molecule has 98 valence electrons. The number of hydrogen-bond donors (Lipinski definition) is 0. The van der Waals surface area contributed by atoms with Crippen molar-refractivity contribution in [2.45, 2.75) is 45.4 Å². The Morgan fingerprint density at radius 3 is 2.12 bits per heavy atom. The van der Waals surface area contributed by atoms with Crippen molar-refractivity contribution in [1.29, 1.82) is 0 Å². The van der Waals surface area contributed by atoms with Crippen molar-refractivity contribution >= 4 is 5.91 Å². The fourth-order valence-corrected chi connectivity index (χ4v) is 3.20. The van der Waals surface area contributed by atoms with E-state index in [0.29, 0.717) is 11.3 Å². The largest absolute Gasteiger partial charge is 0.343 e. The summed E-state index contributed by atoms with van der Waals surface area (Å²) < 4.78 is 0. The number of carbonyl (C=O) groups is 1. The van der Waals surface area contributed by atoms with Crippen LogP contribution in [0.1, 0.15) is 45.4 Å². The Morgan fingerprint density at radius 2 is 1.59 bits per heavy atom. The van der Waals surface area contributed by atoms with Crippen LogP contribution >= 0.6 is 0 Å². The Kier molecular flexibility index (Phi) is 4.08. The van der Waals surface area contributed by atoms with Gasteiger partial charge in [-0.15, -0.1) is 0 Å². The van der Waals surface area contributed by atoms with Gasteiger partial charge in [-0.25, -0.2) is 0 Å². The van der Waals surface area contributed by atoms with Gasteiger partial charge in [0.2, 0.25) is 5.91 Å². The molecule has 3 heteroatoms. The fourth-order valence-electron chi connectivity index (χ4n) is 3.20. The second kappa shape index (κ2) is 5.38. The molecule has 1 spiro atoms. The second-order valence-corrected chi connectivity index (χ2v) is 5.93. The van der Waals surface area contributed by atoms with Gasteiger partial charge in [0.1, 0.15) is 0 Å². The van der Waals surface area contributed by atoms with Crippen molar-refractivity contribution in [3.05, 3.63) is 0 Å². The van der Waals surface area contributed by atoms with Crippen molar-refractivity contribution in [3.8, 4) is 0 Å². The Hall–Kier alpha value is -0.570. The van der Waals surface area contributed by atoms with Crippen LogP contribution in [0.25, 0.3) is 0 Å². The minimum Gasteiger partial charge on any atom is -0.343 e. The van der Waals surface area contributed by atoms with Crippen molar-refractivity contribution in [3.63, 3.8) is 0 Å². The van der Waals surface area contributed by atoms with Gasteiger partial charge in [-0.1, -0.05) is 6.92 Å². The Morgan fingerprint density at radius 1 is 1.06 bits per heavy atom. The van der Waals surface area contributed by atoms with E-state index in [-0.39, 0.29) is 0 Å². The van der Waals surface area contributed by atoms with Gasteiger partial charge in [0.15, 0.2) is 0 Å². The first kappa shape index (κ1) is 12.9. The van der Waals surface area contributed by atoms with Crippen LogP contribution in [0.15, 0.2) is 0 Å². The zero-order valence-electron chi connectivity index (χ0n) is 11.4. The topological polar surface area (TPSA) is 23.6 Å². The molecule has 17 heavy (non-hydrogen) atoms. The molecule has 0 aromatic carbocycles. The van der Waals surface area contributed by atoms with E-state index in [1.54, 1.807) is 0 Å². The van der Waals surface area contributed by atoms with Gasteiger partial charge in [0.25, 0.3) is 0 Å². The summed E-state index contributed by atoms with van der Waals surface area (Å²) >= 11 is 0. The average molecular weight is 238 g/mol. The zero-order chi connectivity index (χ0) is 12.3. The van der Waals surface area contributed by atoms with E-state index in [4.69, 9.17) is 0 Å². The standard InChI is InChI=1S/C14H26N2O/c1-3-4-13(17)16-11-7-14(8-12-16)5-9-15(2)10-6-14/h3-12H2,1-2H3. The Balaban J connectivity index is 1.83. The molecule has 0 unspecified atom stereocenters. The minimum atomic E-state index is 0.371. The average Bonchev–Trinajstić information content (AvgIpc) is 2.35. The predicted octanol–water partition coefficient (Wildman–Crippen LogP) is 2.12. The molecule has 0 saturated carbocycles. The van der Waals surface area contributed by atoms with E-state index < -0.39 is 0 Å². The van der Waals surface area contributed by atoms with E-state index in [0.717, 1.165) is 25.9 Å². The highest BCUT2D eigenvalue weighted by Gasteiger charge is 2.37. The molecule has 0 aliphatic carbocycles. The third kappa shape index (κ3) is 3.01.